The molecule has 7 heteroatoms. The monoisotopic (exact) mass is 379 g/mol. The van der Waals surface area contributed by atoms with E-state index in [1.54, 1.807) is 6.07 Å². The molecule has 5 nitrogen and oxygen atoms in total. The third kappa shape index (κ3) is 4.67. The number of benzene rings is 2. The van der Waals surface area contributed by atoms with Gasteiger partial charge in [-0.1, -0.05) is 6.07 Å². The number of hydrogen-bond acceptors (Lipinski definition) is 5. The second-order valence-electron chi connectivity index (χ2n) is 6.50. The van der Waals surface area contributed by atoms with Crippen molar-refractivity contribution in [1.82, 2.24) is 4.90 Å². The van der Waals surface area contributed by atoms with Crippen molar-refractivity contribution < 1.29 is 28.1 Å². The largest absolute Gasteiger partial charge is 0.496 e. The first-order valence-corrected chi connectivity index (χ1v) is 8.73. The summed E-state index contributed by atoms with van der Waals surface area (Å²) < 4.78 is 42.9. The second kappa shape index (κ2) is 8.54. The predicted molar refractivity (Wildman–Crippen MR) is 96.2 cm³/mol. The number of piperidine rings is 1. The van der Waals surface area contributed by atoms with Crippen molar-refractivity contribution in [3.05, 3.63) is 53.6 Å². The van der Waals surface area contributed by atoms with Crippen molar-refractivity contribution in [3.8, 4) is 17.2 Å². The number of aliphatic hydroxyl groups excluding tert-OH is 1. The summed E-state index contributed by atoms with van der Waals surface area (Å²) in [7, 11) is 2.94. The van der Waals surface area contributed by atoms with Crippen molar-refractivity contribution in [2.45, 2.75) is 25.2 Å². The molecule has 27 heavy (non-hydrogen) atoms. The Bertz CT molecular complexity index is 787. The van der Waals surface area contributed by atoms with Crippen LogP contribution >= 0.6 is 0 Å². The molecule has 0 bridgehead atoms. The smallest absolute Gasteiger partial charge is 0.163 e. The maximum absolute atomic E-state index is 13.3. The molecule has 0 amide bonds. The summed E-state index contributed by atoms with van der Waals surface area (Å²) in [4.78, 5) is 2.06. The van der Waals surface area contributed by atoms with Crippen LogP contribution in [0.25, 0.3) is 0 Å². The van der Waals surface area contributed by atoms with Crippen LogP contribution < -0.4 is 14.2 Å². The Kier molecular flexibility index (Phi) is 6.13. The molecule has 1 N–H and O–H groups in total. The van der Waals surface area contributed by atoms with Gasteiger partial charge in [0.1, 0.15) is 29.6 Å². The van der Waals surface area contributed by atoms with E-state index >= 15 is 0 Å². The Morgan fingerprint density at radius 1 is 1.00 bits per heavy atom. The van der Waals surface area contributed by atoms with Gasteiger partial charge in [-0.25, -0.2) is 8.78 Å². The molecule has 0 radical (unpaired) electrons. The van der Waals surface area contributed by atoms with Gasteiger partial charge in [0.2, 0.25) is 0 Å². The lowest BCUT2D eigenvalue weighted by Crippen LogP contribution is -2.48. The van der Waals surface area contributed by atoms with Gasteiger partial charge in [-0.3, -0.25) is 4.90 Å². The van der Waals surface area contributed by atoms with E-state index in [0.717, 1.165) is 5.56 Å². The van der Waals surface area contributed by atoms with Crippen LogP contribution in [-0.4, -0.2) is 49.5 Å². The van der Waals surface area contributed by atoms with Crippen LogP contribution in [0, 0.1) is 11.6 Å². The van der Waals surface area contributed by atoms with E-state index in [1.807, 2.05) is 0 Å². The Hall–Kier alpha value is -2.38. The topological polar surface area (TPSA) is 51.2 Å². The average molecular weight is 379 g/mol. The Balaban J connectivity index is 1.63. The number of ether oxygens (including phenoxy) is 3. The highest BCUT2D eigenvalue weighted by atomic mass is 19.1. The summed E-state index contributed by atoms with van der Waals surface area (Å²) in [6.07, 6.45) is -0.554. The predicted octanol–water partition coefficient (Wildman–Crippen LogP) is 3.00. The summed E-state index contributed by atoms with van der Waals surface area (Å²) in [6.45, 7) is 1.62. The van der Waals surface area contributed by atoms with Crippen molar-refractivity contribution in [1.29, 1.82) is 0 Å². The van der Waals surface area contributed by atoms with E-state index in [1.165, 1.54) is 44.6 Å². The summed E-state index contributed by atoms with van der Waals surface area (Å²) >= 11 is 0. The third-order valence-corrected chi connectivity index (χ3v) is 4.65. The van der Waals surface area contributed by atoms with Gasteiger partial charge >= 0.3 is 0 Å². The van der Waals surface area contributed by atoms with Gasteiger partial charge in [0.05, 0.1) is 14.2 Å². The molecule has 1 aliphatic rings. The van der Waals surface area contributed by atoms with Crippen LogP contribution in [-0.2, 0) is 6.54 Å². The molecule has 3 rings (SSSR count). The highest BCUT2D eigenvalue weighted by molar-refractivity contribution is 5.40. The molecule has 2 atom stereocenters. The lowest BCUT2D eigenvalue weighted by molar-refractivity contribution is -0.0284. The fraction of sp³-hybridized carbons (Fsp3) is 0.400. The van der Waals surface area contributed by atoms with Crippen molar-refractivity contribution in [3.63, 3.8) is 0 Å². The Morgan fingerprint density at radius 3 is 2.33 bits per heavy atom. The molecule has 0 unspecified atom stereocenters. The quantitative estimate of drug-likeness (QED) is 0.836. The second-order valence-corrected chi connectivity index (χ2v) is 6.50. The van der Waals surface area contributed by atoms with Crippen molar-refractivity contribution in [2.24, 2.45) is 0 Å². The first kappa shape index (κ1) is 19.4. The number of hydrogen-bond donors (Lipinski definition) is 1. The highest BCUT2D eigenvalue weighted by Gasteiger charge is 2.30. The fourth-order valence-corrected chi connectivity index (χ4v) is 3.25. The summed E-state index contributed by atoms with van der Waals surface area (Å²) in [6, 6.07) is 8.47. The maximum atomic E-state index is 13.3. The van der Waals surface area contributed by atoms with Crippen LogP contribution in [0.2, 0.25) is 0 Å². The van der Waals surface area contributed by atoms with E-state index in [-0.39, 0.29) is 5.82 Å². The molecule has 0 aromatic heterocycles. The lowest BCUT2D eigenvalue weighted by atomic mass is 10.0. The zero-order chi connectivity index (χ0) is 19.4. The molecule has 0 saturated carbocycles. The van der Waals surface area contributed by atoms with Crippen molar-refractivity contribution >= 4 is 0 Å². The molecule has 2 aromatic rings. The first-order valence-electron chi connectivity index (χ1n) is 8.73. The van der Waals surface area contributed by atoms with E-state index in [2.05, 4.69) is 4.90 Å². The molecule has 0 aliphatic carbocycles. The fourth-order valence-electron chi connectivity index (χ4n) is 3.25. The molecule has 1 heterocycles. The minimum Gasteiger partial charge on any atom is -0.496 e. The van der Waals surface area contributed by atoms with Gasteiger partial charge in [0.15, 0.2) is 11.5 Å². The molecular formula is C20H23F2NO4. The standard InChI is InChI=1S/C20H23F2NO4/c1-25-19-9-14(21)4-3-13(19)11-23-8-7-17(16(24)12-23)27-18-6-5-15(22)10-20(18)26-2/h3-6,9-10,16-17,24H,7-8,11-12H2,1-2H3/t16-,17-/m1/s1. The molecule has 1 fully saturated rings. The number of methoxy groups -OCH3 is 2. The van der Waals surface area contributed by atoms with E-state index in [0.29, 0.717) is 43.3 Å². The van der Waals surface area contributed by atoms with Crippen LogP contribution in [0.15, 0.2) is 36.4 Å². The minimum atomic E-state index is -0.722. The highest BCUT2D eigenvalue weighted by Crippen LogP contribution is 2.31. The minimum absolute atomic E-state index is 0.292. The maximum Gasteiger partial charge on any atom is 0.163 e. The Morgan fingerprint density at radius 2 is 1.67 bits per heavy atom. The Labute approximate surface area is 157 Å². The first-order chi connectivity index (χ1) is 13.0. The lowest BCUT2D eigenvalue weighted by Gasteiger charge is -2.36. The van der Waals surface area contributed by atoms with Gasteiger partial charge in [0.25, 0.3) is 0 Å². The molecule has 146 valence electrons. The number of nitrogens with zero attached hydrogens (tertiary/aromatic N) is 1. The van der Waals surface area contributed by atoms with E-state index < -0.39 is 18.0 Å². The molecule has 2 aromatic carbocycles. The van der Waals surface area contributed by atoms with Gasteiger partial charge in [-0.15, -0.1) is 0 Å². The number of halogens is 2. The van der Waals surface area contributed by atoms with Gasteiger partial charge in [-0.2, -0.15) is 0 Å². The summed E-state index contributed by atoms with van der Waals surface area (Å²) in [5.74, 6) is 0.412. The third-order valence-electron chi connectivity index (χ3n) is 4.65. The number of rotatable bonds is 6. The van der Waals surface area contributed by atoms with Gasteiger partial charge < -0.3 is 19.3 Å². The van der Waals surface area contributed by atoms with E-state index in [4.69, 9.17) is 14.2 Å². The van der Waals surface area contributed by atoms with Crippen molar-refractivity contribution in [2.75, 3.05) is 27.3 Å². The van der Waals surface area contributed by atoms with Gasteiger partial charge in [-0.05, 0) is 24.6 Å². The van der Waals surface area contributed by atoms with Gasteiger partial charge in [0, 0.05) is 37.3 Å². The average Bonchev–Trinajstić information content (AvgIpc) is 2.66. The summed E-state index contributed by atoms with van der Waals surface area (Å²) in [5, 5.41) is 10.5. The van der Waals surface area contributed by atoms with E-state index in [9.17, 15) is 13.9 Å². The zero-order valence-corrected chi connectivity index (χ0v) is 15.3. The molecule has 1 aliphatic heterocycles. The van der Waals surface area contributed by atoms with Crippen LogP contribution in [0.4, 0.5) is 8.78 Å². The van der Waals surface area contributed by atoms with Crippen LogP contribution in [0.5, 0.6) is 17.2 Å². The zero-order valence-electron chi connectivity index (χ0n) is 15.3. The number of aliphatic hydroxyl groups is 1. The number of likely N-dealkylation sites (tertiary alicyclic amines) is 1. The molecular weight excluding hydrogens is 356 g/mol. The molecule has 1 saturated heterocycles. The van der Waals surface area contributed by atoms with Crippen LogP contribution in [0.3, 0.4) is 0 Å². The normalized spacial score (nSPS) is 20.3. The summed E-state index contributed by atoms with van der Waals surface area (Å²) in [5.41, 5.74) is 0.852. The van der Waals surface area contributed by atoms with Crippen LogP contribution in [0.1, 0.15) is 12.0 Å². The molecule has 0 spiro atoms. The number of β-amino-alcohol motifs (C(OH)–C–C–N with tert-alkyl or cyclic N) is 1. The SMILES string of the molecule is COc1cc(F)ccc1CN1CC[C@@H](Oc2ccc(F)cc2OC)[C@H](O)C1.